The quantitative estimate of drug-likeness (QED) is 0.673. The van der Waals surface area contributed by atoms with Crippen molar-refractivity contribution in [3.05, 3.63) is 0 Å². The number of nitrogens with two attached hydrogens (primary N) is 1. The summed E-state index contributed by atoms with van der Waals surface area (Å²) in [6, 6.07) is 0. The minimum atomic E-state index is -0.509. The zero-order valence-corrected chi connectivity index (χ0v) is 11.4. The van der Waals surface area contributed by atoms with Gasteiger partial charge >= 0.3 is 5.97 Å². The standard InChI is InChI=1S/C12H23N3O3/c1-12(2,9-13)11(17)15-6-4-14(5-7-15)8-10(16)18-3/h4-9,13H2,1-3H3. The summed E-state index contributed by atoms with van der Waals surface area (Å²) < 4.78 is 4.62. The topological polar surface area (TPSA) is 75.9 Å². The zero-order chi connectivity index (χ0) is 13.8. The fourth-order valence-electron chi connectivity index (χ4n) is 1.87. The Morgan fingerprint density at radius 1 is 1.22 bits per heavy atom. The molecule has 1 saturated heterocycles. The number of esters is 1. The number of hydrogen-bond acceptors (Lipinski definition) is 5. The lowest BCUT2D eigenvalue weighted by Gasteiger charge is -2.37. The predicted octanol–water partition coefficient (Wildman–Crippen LogP) is -0.711. The molecule has 0 atom stereocenters. The second-order valence-electron chi connectivity index (χ2n) is 5.23. The number of carbonyl (C=O) groups excluding carboxylic acids is 2. The first kappa shape index (κ1) is 14.9. The van der Waals surface area contributed by atoms with E-state index in [1.807, 2.05) is 23.6 Å². The maximum atomic E-state index is 12.2. The Bertz CT molecular complexity index is 310. The lowest BCUT2D eigenvalue weighted by atomic mass is 9.91. The Kier molecular flexibility index (Phi) is 5.10. The minimum Gasteiger partial charge on any atom is -0.468 e. The molecule has 0 unspecified atom stereocenters. The van der Waals surface area contributed by atoms with Crippen LogP contribution in [0.1, 0.15) is 13.8 Å². The highest BCUT2D eigenvalue weighted by molar-refractivity contribution is 5.82. The third-order valence-corrected chi connectivity index (χ3v) is 3.33. The van der Waals surface area contributed by atoms with Crippen LogP contribution in [0.5, 0.6) is 0 Å². The van der Waals surface area contributed by atoms with E-state index >= 15 is 0 Å². The van der Waals surface area contributed by atoms with E-state index < -0.39 is 5.41 Å². The van der Waals surface area contributed by atoms with Crippen molar-refractivity contribution >= 4 is 11.9 Å². The largest absolute Gasteiger partial charge is 0.468 e. The van der Waals surface area contributed by atoms with Crippen LogP contribution in [0.4, 0.5) is 0 Å². The van der Waals surface area contributed by atoms with Gasteiger partial charge in [0, 0.05) is 32.7 Å². The van der Waals surface area contributed by atoms with Crippen LogP contribution in [0.15, 0.2) is 0 Å². The third kappa shape index (κ3) is 3.68. The molecule has 0 aliphatic carbocycles. The summed E-state index contributed by atoms with van der Waals surface area (Å²) in [7, 11) is 1.38. The maximum Gasteiger partial charge on any atom is 0.319 e. The molecule has 104 valence electrons. The van der Waals surface area contributed by atoms with E-state index in [0.29, 0.717) is 39.3 Å². The number of ether oxygens (including phenoxy) is 1. The molecule has 1 heterocycles. The van der Waals surface area contributed by atoms with Gasteiger partial charge in [0.15, 0.2) is 0 Å². The van der Waals surface area contributed by atoms with E-state index in [2.05, 4.69) is 4.74 Å². The number of methoxy groups -OCH3 is 1. The molecular weight excluding hydrogens is 234 g/mol. The highest BCUT2D eigenvalue weighted by Crippen LogP contribution is 2.18. The summed E-state index contributed by atoms with van der Waals surface area (Å²) in [6.07, 6.45) is 0. The molecule has 6 heteroatoms. The SMILES string of the molecule is COC(=O)CN1CCN(C(=O)C(C)(C)CN)CC1. The van der Waals surface area contributed by atoms with Gasteiger partial charge in [-0.15, -0.1) is 0 Å². The normalized spacial score (nSPS) is 17.7. The van der Waals surface area contributed by atoms with E-state index in [4.69, 9.17) is 5.73 Å². The third-order valence-electron chi connectivity index (χ3n) is 3.33. The average molecular weight is 257 g/mol. The van der Waals surface area contributed by atoms with Gasteiger partial charge in [0.05, 0.1) is 19.1 Å². The first-order valence-corrected chi connectivity index (χ1v) is 6.19. The van der Waals surface area contributed by atoms with E-state index in [1.165, 1.54) is 7.11 Å². The molecule has 6 nitrogen and oxygen atoms in total. The number of amides is 1. The Hall–Kier alpha value is -1.14. The van der Waals surface area contributed by atoms with Gasteiger partial charge < -0.3 is 15.4 Å². The average Bonchev–Trinajstić information content (AvgIpc) is 2.38. The van der Waals surface area contributed by atoms with Crippen LogP contribution in [0.3, 0.4) is 0 Å². The molecule has 0 spiro atoms. The molecule has 0 saturated carbocycles. The van der Waals surface area contributed by atoms with Gasteiger partial charge in [0.2, 0.25) is 5.91 Å². The van der Waals surface area contributed by atoms with E-state index in [-0.39, 0.29) is 11.9 Å². The monoisotopic (exact) mass is 257 g/mol. The van der Waals surface area contributed by atoms with Crippen LogP contribution in [-0.2, 0) is 14.3 Å². The van der Waals surface area contributed by atoms with E-state index in [0.717, 1.165) is 0 Å². The van der Waals surface area contributed by atoms with Gasteiger partial charge in [0.25, 0.3) is 0 Å². The summed E-state index contributed by atoms with van der Waals surface area (Å²) in [5.74, 6) is -0.153. The van der Waals surface area contributed by atoms with Gasteiger partial charge in [0.1, 0.15) is 0 Å². The molecule has 0 radical (unpaired) electrons. The molecule has 1 fully saturated rings. The zero-order valence-electron chi connectivity index (χ0n) is 11.4. The first-order valence-electron chi connectivity index (χ1n) is 6.19. The van der Waals surface area contributed by atoms with E-state index in [1.54, 1.807) is 0 Å². The molecule has 1 rings (SSSR count). The van der Waals surface area contributed by atoms with Crippen LogP contribution in [0, 0.1) is 5.41 Å². The Morgan fingerprint density at radius 3 is 2.22 bits per heavy atom. The molecule has 0 bridgehead atoms. The van der Waals surface area contributed by atoms with Crippen molar-refractivity contribution in [2.24, 2.45) is 11.1 Å². The molecule has 2 N–H and O–H groups in total. The Balaban J connectivity index is 2.44. The molecule has 0 aromatic heterocycles. The Labute approximate surface area is 108 Å². The highest BCUT2D eigenvalue weighted by atomic mass is 16.5. The lowest BCUT2D eigenvalue weighted by Crippen LogP contribution is -2.54. The fraction of sp³-hybridized carbons (Fsp3) is 0.833. The summed E-state index contributed by atoms with van der Waals surface area (Å²) in [5, 5.41) is 0. The van der Waals surface area contributed by atoms with Crippen LogP contribution in [0.25, 0.3) is 0 Å². The summed E-state index contributed by atoms with van der Waals surface area (Å²) in [4.78, 5) is 27.1. The number of nitrogens with zero attached hydrogens (tertiary/aromatic N) is 2. The lowest BCUT2D eigenvalue weighted by molar-refractivity contribution is -0.144. The second kappa shape index (κ2) is 6.15. The second-order valence-corrected chi connectivity index (χ2v) is 5.23. The van der Waals surface area contributed by atoms with Crippen molar-refractivity contribution in [1.82, 2.24) is 9.80 Å². The van der Waals surface area contributed by atoms with Gasteiger partial charge in [-0.1, -0.05) is 0 Å². The molecule has 1 aliphatic heterocycles. The van der Waals surface area contributed by atoms with Gasteiger partial charge in [-0.05, 0) is 13.8 Å². The van der Waals surface area contributed by atoms with Gasteiger partial charge in [-0.2, -0.15) is 0 Å². The number of hydrogen-bond donors (Lipinski definition) is 1. The van der Waals surface area contributed by atoms with Crippen molar-refractivity contribution in [3.63, 3.8) is 0 Å². The van der Waals surface area contributed by atoms with Crippen molar-refractivity contribution in [1.29, 1.82) is 0 Å². The van der Waals surface area contributed by atoms with Crippen LogP contribution < -0.4 is 5.73 Å². The Morgan fingerprint density at radius 2 is 1.78 bits per heavy atom. The van der Waals surface area contributed by atoms with Crippen LogP contribution >= 0.6 is 0 Å². The van der Waals surface area contributed by atoms with Crippen LogP contribution in [0.2, 0.25) is 0 Å². The number of piperazine rings is 1. The summed E-state index contributed by atoms with van der Waals surface area (Å²) >= 11 is 0. The fourth-order valence-corrected chi connectivity index (χ4v) is 1.87. The smallest absolute Gasteiger partial charge is 0.319 e. The maximum absolute atomic E-state index is 12.2. The van der Waals surface area contributed by atoms with Crippen molar-refractivity contribution in [3.8, 4) is 0 Å². The molecule has 1 aliphatic rings. The van der Waals surface area contributed by atoms with E-state index in [9.17, 15) is 9.59 Å². The van der Waals surface area contributed by atoms with Crippen LogP contribution in [-0.4, -0.2) is 68.1 Å². The van der Waals surface area contributed by atoms with Crippen molar-refractivity contribution in [2.45, 2.75) is 13.8 Å². The van der Waals surface area contributed by atoms with Gasteiger partial charge in [-0.3, -0.25) is 14.5 Å². The highest BCUT2D eigenvalue weighted by Gasteiger charge is 2.32. The summed E-state index contributed by atoms with van der Waals surface area (Å²) in [5.41, 5.74) is 5.10. The predicted molar refractivity (Wildman–Crippen MR) is 67.9 cm³/mol. The minimum absolute atomic E-state index is 0.0859. The van der Waals surface area contributed by atoms with Crippen molar-refractivity contribution in [2.75, 3.05) is 46.4 Å². The molecular formula is C12H23N3O3. The van der Waals surface area contributed by atoms with Gasteiger partial charge in [-0.25, -0.2) is 0 Å². The summed E-state index contributed by atoms with van der Waals surface area (Å²) in [6.45, 7) is 7.01. The molecule has 0 aromatic carbocycles. The molecule has 0 aromatic rings. The molecule has 1 amide bonds. The first-order chi connectivity index (χ1) is 8.40. The van der Waals surface area contributed by atoms with Crippen molar-refractivity contribution < 1.29 is 14.3 Å². The molecule has 18 heavy (non-hydrogen) atoms. The number of carbonyl (C=O) groups is 2. The number of rotatable bonds is 4.